The van der Waals surface area contributed by atoms with Crippen molar-refractivity contribution >= 4 is 21.6 Å². The molecule has 1 heterocycles. The van der Waals surface area contributed by atoms with Gasteiger partial charge in [-0.1, -0.05) is 24.3 Å². The van der Waals surface area contributed by atoms with Crippen LogP contribution >= 0.6 is 0 Å². The third kappa shape index (κ3) is 5.33. The van der Waals surface area contributed by atoms with Crippen molar-refractivity contribution < 1.29 is 32.2 Å². The van der Waals surface area contributed by atoms with E-state index in [1.54, 1.807) is 62.6 Å². The second-order valence-corrected chi connectivity index (χ2v) is 9.92. The van der Waals surface area contributed by atoms with E-state index in [1.165, 1.54) is 19.2 Å². The standard InChI is InChI=1S/C26H28N2O7S/c1-18(19-9-11-22(32-2)24(15-19)33-3)27-26(29)17-28(36(30,31)21-7-5-4-6-8-21)20-10-12-23-25(16-20)35-14-13-34-23/h4-12,15-16,18H,13-14,17H2,1-3H3,(H,27,29). The van der Waals surface area contributed by atoms with Gasteiger partial charge in [0.25, 0.3) is 10.0 Å². The molecule has 10 heteroatoms. The quantitative estimate of drug-likeness (QED) is 0.468. The minimum atomic E-state index is -4.06. The van der Waals surface area contributed by atoms with Gasteiger partial charge in [-0.25, -0.2) is 8.42 Å². The van der Waals surface area contributed by atoms with Crippen molar-refractivity contribution in [2.45, 2.75) is 17.9 Å². The number of methoxy groups -OCH3 is 2. The van der Waals surface area contributed by atoms with Gasteiger partial charge in [-0.15, -0.1) is 0 Å². The van der Waals surface area contributed by atoms with E-state index in [4.69, 9.17) is 18.9 Å². The fraction of sp³-hybridized carbons (Fsp3) is 0.269. The molecule has 0 saturated heterocycles. The Labute approximate surface area is 210 Å². The summed E-state index contributed by atoms with van der Waals surface area (Å²) in [7, 11) is -0.980. The van der Waals surface area contributed by atoms with E-state index in [0.29, 0.717) is 36.2 Å². The van der Waals surface area contributed by atoms with Crippen molar-refractivity contribution in [3.8, 4) is 23.0 Å². The molecule has 0 fully saturated rings. The smallest absolute Gasteiger partial charge is 0.264 e. The molecule has 0 aliphatic carbocycles. The first-order valence-electron chi connectivity index (χ1n) is 11.3. The number of nitrogens with one attached hydrogen (secondary N) is 1. The van der Waals surface area contributed by atoms with E-state index in [-0.39, 0.29) is 10.6 Å². The van der Waals surface area contributed by atoms with Gasteiger partial charge in [0.05, 0.1) is 30.8 Å². The lowest BCUT2D eigenvalue weighted by Crippen LogP contribution is -2.41. The molecule has 0 radical (unpaired) electrons. The monoisotopic (exact) mass is 512 g/mol. The highest BCUT2D eigenvalue weighted by molar-refractivity contribution is 7.92. The molecular weight excluding hydrogens is 484 g/mol. The summed E-state index contributed by atoms with van der Waals surface area (Å²) in [6.07, 6.45) is 0. The first-order chi connectivity index (χ1) is 17.3. The largest absolute Gasteiger partial charge is 0.493 e. The second kappa shape index (κ2) is 10.8. The van der Waals surface area contributed by atoms with Crippen LogP contribution in [0.1, 0.15) is 18.5 Å². The summed E-state index contributed by atoms with van der Waals surface area (Å²) in [4.78, 5) is 13.2. The number of fused-ring (bicyclic) bond motifs is 1. The van der Waals surface area contributed by atoms with Crippen molar-refractivity contribution in [1.82, 2.24) is 5.32 Å². The summed E-state index contributed by atoms with van der Waals surface area (Å²) in [5.74, 6) is 1.56. The highest BCUT2D eigenvalue weighted by atomic mass is 32.2. The lowest BCUT2D eigenvalue weighted by Gasteiger charge is -2.27. The molecule has 4 rings (SSSR count). The number of hydrogen-bond donors (Lipinski definition) is 1. The lowest BCUT2D eigenvalue weighted by molar-refractivity contribution is -0.120. The fourth-order valence-electron chi connectivity index (χ4n) is 3.84. The van der Waals surface area contributed by atoms with Crippen LogP contribution in [0, 0.1) is 0 Å². The molecule has 1 atom stereocenters. The van der Waals surface area contributed by atoms with Crippen LogP contribution in [-0.4, -0.2) is 48.3 Å². The molecule has 3 aromatic carbocycles. The Kier molecular flexibility index (Phi) is 7.54. The fourth-order valence-corrected chi connectivity index (χ4v) is 5.28. The highest BCUT2D eigenvalue weighted by Crippen LogP contribution is 2.36. The average Bonchev–Trinajstić information content (AvgIpc) is 2.91. The number of benzene rings is 3. The van der Waals surface area contributed by atoms with Crippen LogP contribution in [0.25, 0.3) is 0 Å². The summed E-state index contributed by atoms with van der Waals surface area (Å²) in [5, 5.41) is 2.87. The first kappa shape index (κ1) is 25.2. The molecule has 1 amide bonds. The van der Waals surface area contributed by atoms with Gasteiger partial charge in [-0.05, 0) is 48.9 Å². The number of carbonyl (C=O) groups excluding carboxylic acids is 1. The van der Waals surface area contributed by atoms with E-state index in [1.807, 2.05) is 6.07 Å². The van der Waals surface area contributed by atoms with Gasteiger partial charge in [0.15, 0.2) is 23.0 Å². The Morgan fingerprint density at radius 2 is 1.64 bits per heavy atom. The SMILES string of the molecule is COc1ccc(C(C)NC(=O)CN(c2ccc3c(c2)OCCO3)S(=O)(=O)c2ccccc2)cc1OC. The zero-order valence-corrected chi connectivity index (χ0v) is 21.1. The maximum absolute atomic E-state index is 13.6. The molecule has 190 valence electrons. The molecule has 36 heavy (non-hydrogen) atoms. The predicted octanol–water partition coefficient (Wildman–Crippen LogP) is 3.55. The number of hydrogen-bond acceptors (Lipinski definition) is 7. The minimum absolute atomic E-state index is 0.0700. The Morgan fingerprint density at radius 3 is 2.33 bits per heavy atom. The molecule has 1 aliphatic heterocycles. The van der Waals surface area contributed by atoms with Crippen LogP contribution in [0.4, 0.5) is 5.69 Å². The summed E-state index contributed by atoms with van der Waals surface area (Å²) < 4.78 is 50.0. The summed E-state index contributed by atoms with van der Waals surface area (Å²) in [6.45, 7) is 2.13. The first-order valence-corrected chi connectivity index (χ1v) is 12.8. The molecule has 0 saturated carbocycles. The third-order valence-electron chi connectivity index (χ3n) is 5.72. The normalized spacial score (nSPS) is 13.4. The van der Waals surface area contributed by atoms with Crippen LogP contribution < -0.4 is 28.6 Å². The number of anilines is 1. The zero-order chi connectivity index (χ0) is 25.7. The summed E-state index contributed by atoms with van der Waals surface area (Å²) in [6, 6.07) is 17.7. The topological polar surface area (TPSA) is 103 Å². The Morgan fingerprint density at radius 1 is 0.944 bits per heavy atom. The molecule has 0 spiro atoms. The summed E-state index contributed by atoms with van der Waals surface area (Å²) >= 11 is 0. The van der Waals surface area contributed by atoms with Crippen LogP contribution in [0.5, 0.6) is 23.0 Å². The molecule has 1 unspecified atom stereocenters. The van der Waals surface area contributed by atoms with Crippen molar-refractivity contribution in [2.24, 2.45) is 0 Å². The van der Waals surface area contributed by atoms with Gasteiger partial charge in [0.2, 0.25) is 5.91 Å². The van der Waals surface area contributed by atoms with Gasteiger partial charge in [-0.2, -0.15) is 0 Å². The van der Waals surface area contributed by atoms with E-state index in [2.05, 4.69) is 5.32 Å². The van der Waals surface area contributed by atoms with Crippen molar-refractivity contribution in [2.75, 3.05) is 38.3 Å². The van der Waals surface area contributed by atoms with Gasteiger partial charge in [0, 0.05) is 6.07 Å². The zero-order valence-electron chi connectivity index (χ0n) is 20.3. The van der Waals surface area contributed by atoms with Crippen molar-refractivity contribution in [3.05, 3.63) is 72.3 Å². The number of nitrogens with zero attached hydrogens (tertiary/aromatic N) is 1. The number of carbonyl (C=O) groups is 1. The number of sulfonamides is 1. The van der Waals surface area contributed by atoms with Crippen molar-refractivity contribution in [3.63, 3.8) is 0 Å². The van der Waals surface area contributed by atoms with Gasteiger partial charge >= 0.3 is 0 Å². The molecule has 1 N–H and O–H groups in total. The van der Waals surface area contributed by atoms with Crippen LogP contribution in [0.15, 0.2) is 71.6 Å². The number of rotatable bonds is 9. The van der Waals surface area contributed by atoms with E-state index in [9.17, 15) is 13.2 Å². The van der Waals surface area contributed by atoms with Crippen LogP contribution in [-0.2, 0) is 14.8 Å². The molecule has 0 bridgehead atoms. The van der Waals surface area contributed by atoms with Crippen LogP contribution in [0.3, 0.4) is 0 Å². The Bertz CT molecular complexity index is 1330. The third-order valence-corrected chi connectivity index (χ3v) is 7.51. The summed E-state index contributed by atoms with van der Waals surface area (Å²) in [5.41, 5.74) is 1.06. The second-order valence-electron chi connectivity index (χ2n) is 8.06. The minimum Gasteiger partial charge on any atom is -0.493 e. The highest BCUT2D eigenvalue weighted by Gasteiger charge is 2.29. The lowest BCUT2D eigenvalue weighted by atomic mass is 10.1. The van der Waals surface area contributed by atoms with Gasteiger partial charge in [0.1, 0.15) is 19.8 Å². The Balaban J connectivity index is 1.61. The predicted molar refractivity (Wildman–Crippen MR) is 135 cm³/mol. The van der Waals surface area contributed by atoms with Gasteiger partial charge < -0.3 is 24.3 Å². The molecule has 3 aromatic rings. The van der Waals surface area contributed by atoms with Gasteiger partial charge in [-0.3, -0.25) is 9.10 Å². The number of amides is 1. The molecule has 9 nitrogen and oxygen atoms in total. The van der Waals surface area contributed by atoms with Crippen molar-refractivity contribution in [1.29, 1.82) is 0 Å². The average molecular weight is 513 g/mol. The molecule has 1 aliphatic rings. The maximum Gasteiger partial charge on any atom is 0.264 e. The van der Waals surface area contributed by atoms with E-state index < -0.39 is 28.5 Å². The van der Waals surface area contributed by atoms with Crippen LogP contribution in [0.2, 0.25) is 0 Å². The van der Waals surface area contributed by atoms with E-state index >= 15 is 0 Å². The Hall–Kier alpha value is -3.92. The van der Waals surface area contributed by atoms with E-state index in [0.717, 1.165) is 9.87 Å². The number of ether oxygens (including phenoxy) is 4. The maximum atomic E-state index is 13.6. The molecular formula is C26H28N2O7S. The molecule has 0 aromatic heterocycles.